The zero-order valence-corrected chi connectivity index (χ0v) is 16.0. The first-order valence-corrected chi connectivity index (χ1v) is 9.23. The first-order valence-electron chi connectivity index (χ1n) is 9.23. The van der Waals surface area contributed by atoms with Gasteiger partial charge in [0.15, 0.2) is 0 Å². The maximum Gasteiger partial charge on any atom is 0.337 e. The number of nitrogens with zero attached hydrogens (tertiary/aromatic N) is 1. The molecule has 1 amide bonds. The van der Waals surface area contributed by atoms with E-state index in [9.17, 15) is 14.0 Å². The number of guanidine groups is 1. The highest BCUT2D eigenvalue weighted by Gasteiger charge is 2.16. The molecular formula is C21H22FN3O4. The smallest absolute Gasteiger partial charge is 0.337 e. The molecule has 0 radical (unpaired) electrons. The Bertz CT molecular complexity index is 893. The van der Waals surface area contributed by atoms with Gasteiger partial charge in [-0.25, -0.2) is 14.2 Å². The average molecular weight is 399 g/mol. The van der Waals surface area contributed by atoms with E-state index in [4.69, 9.17) is 9.47 Å². The molecule has 152 valence electrons. The number of benzene rings is 2. The van der Waals surface area contributed by atoms with Crippen molar-refractivity contribution in [2.45, 2.75) is 18.9 Å². The summed E-state index contributed by atoms with van der Waals surface area (Å²) in [6.45, 7) is 1.08. The molecule has 0 aliphatic carbocycles. The van der Waals surface area contributed by atoms with E-state index in [2.05, 4.69) is 15.6 Å². The second-order valence-electron chi connectivity index (χ2n) is 6.48. The zero-order valence-electron chi connectivity index (χ0n) is 16.0. The Morgan fingerprint density at radius 2 is 2.00 bits per heavy atom. The van der Waals surface area contributed by atoms with E-state index >= 15 is 0 Å². The van der Waals surface area contributed by atoms with E-state index in [1.54, 1.807) is 24.3 Å². The summed E-state index contributed by atoms with van der Waals surface area (Å²) in [5.41, 5.74) is 1.21. The Kier molecular flexibility index (Phi) is 6.91. The normalized spacial score (nSPS) is 16.3. The number of aliphatic imine (C=N–C) groups is 1. The number of carbonyl (C=O) groups is 2. The van der Waals surface area contributed by atoms with Gasteiger partial charge in [0.05, 0.1) is 25.3 Å². The lowest BCUT2D eigenvalue weighted by Crippen LogP contribution is -2.36. The molecule has 1 aliphatic heterocycles. The van der Waals surface area contributed by atoms with Crippen molar-refractivity contribution in [2.75, 3.05) is 25.6 Å². The summed E-state index contributed by atoms with van der Waals surface area (Å²) in [7, 11) is 1.31. The van der Waals surface area contributed by atoms with Crippen LogP contribution in [0.5, 0.6) is 0 Å². The average Bonchev–Trinajstić information content (AvgIpc) is 3.25. The minimum absolute atomic E-state index is 0.00377. The first-order chi connectivity index (χ1) is 14.0. The molecule has 2 aromatic rings. The van der Waals surface area contributed by atoms with Crippen LogP contribution in [0.3, 0.4) is 0 Å². The number of amides is 1. The summed E-state index contributed by atoms with van der Waals surface area (Å²) in [5, 5.41) is 5.71. The molecule has 1 unspecified atom stereocenters. The van der Waals surface area contributed by atoms with Gasteiger partial charge in [-0.3, -0.25) is 10.1 Å². The summed E-state index contributed by atoms with van der Waals surface area (Å²) >= 11 is 0. The Labute approximate surface area is 167 Å². The zero-order chi connectivity index (χ0) is 20.6. The number of carbonyl (C=O) groups excluding carboxylic acids is 2. The predicted octanol–water partition coefficient (Wildman–Crippen LogP) is 2.99. The highest BCUT2D eigenvalue weighted by molar-refractivity contribution is 6.10. The second kappa shape index (κ2) is 9.79. The molecule has 2 aromatic carbocycles. The maximum atomic E-state index is 13.1. The van der Waals surface area contributed by atoms with Gasteiger partial charge in [-0.15, -0.1) is 0 Å². The molecule has 0 aromatic heterocycles. The van der Waals surface area contributed by atoms with Gasteiger partial charge in [0, 0.05) is 17.9 Å². The lowest BCUT2D eigenvalue weighted by Gasteiger charge is -2.14. The Morgan fingerprint density at radius 3 is 2.69 bits per heavy atom. The minimum atomic E-state index is -0.471. The number of hydrogen-bond acceptors (Lipinski definition) is 5. The number of methoxy groups -OCH3 is 1. The molecule has 3 rings (SSSR count). The molecule has 8 heteroatoms. The van der Waals surface area contributed by atoms with Gasteiger partial charge >= 0.3 is 5.97 Å². The molecule has 1 saturated heterocycles. The third-order valence-electron chi connectivity index (χ3n) is 4.36. The minimum Gasteiger partial charge on any atom is -0.465 e. The third-order valence-corrected chi connectivity index (χ3v) is 4.36. The van der Waals surface area contributed by atoms with E-state index in [-0.39, 0.29) is 12.1 Å². The number of nitrogens with one attached hydrogen (secondary N) is 2. The largest absolute Gasteiger partial charge is 0.465 e. The summed E-state index contributed by atoms with van der Waals surface area (Å²) in [6, 6.07) is 11.8. The lowest BCUT2D eigenvalue weighted by molar-refractivity contribution is 0.0600. The number of hydrogen-bond donors (Lipinski definition) is 2. The number of rotatable bonds is 5. The van der Waals surface area contributed by atoms with Crippen LogP contribution >= 0.6 is 0 Å². The number of esters is 1. The van der Waals surface area contributed by atoms with Crippen molar-refractivity contribution in [3.05, 3.63) is 65.5 Å². The number of halogens is 1. The molecule has 1 aliphatic rings. The lowest BCUT2D eigenvalue weighted by atomic mass is 10.2. The van der Waals surface area contributed by atoms with E-state index in [1.165, 1.54) is 31.4 Å². The monoisotopic (exact) mass is 399 g/mol. The van der Waals surface area contributed by atoms with Crippen molar-refractivity contribution in [1.82, 2.24) is 5.32 Å². The standard InChI is InChI=1S/C21H22FN3O4/c1-28-20(27)15-4-2-5-17(12-15)24-21(23-13-18-6-3-11-29-18)25-19(26)14-7-9-16(22)10-8-14/h2,4-5,7-10,12,18H,3,6,11,13H2,1H3,(H2,23,24,25,26). The van der Waals surface area contributed by atoms with Gasteiger partial charge < -0.3 is 14.8 Å². The molecule has 29 heavy (non-hydrogen) atoms. The predicted molar refractivity (Wildman–Crippen MR) is 107 cm³/mol. The van der Waals surface area contributed by atoms with Gasteiger partial charge in [-0.1, -0.05) is 6.07 Å². The molecule has 7 nitrogen and oxygen atoms in total. The first kappa shape index (κ1) is 20.5. The third kappa shape index (κ3) is 5.86. The fraction of sp³-hybridized carbons (Fsp3) is 0.286. The van der Waals surface area contributed by atoms with Crippen molar-refractivity contribution in [2.24, 2.45) is 4.99 Å². The van der Waals surface area contributed by atoms with Crippen molar-refractivity contribution in [3.8, 4) is 0 Å². The number of anilines is 1. The molecule has 1 atom stereocenters. The summed E-state index contributed by atoms with van der Waals surface area (Å²) in [4.78, 5) is 28.7. The van der Waals surface area contributed by atoms with Gasteiger partial charge in [0.25, 0.3) is 5.91 Å². The highest BCUT2D eigenvalue weighted by Crippen LogP contribution is 2.14. The summed E-state index contributed by atoms with van der Waals surface area (Å²) in [5.74, 6) is -1.13. The Balaban J connectivity index is 1.77. The SMILES string of the molecule is COC(=O)c1cccc(NC(=NCC2CCCO2)NC(=O)c2ccc(F)cc2)c1. The molecule has 0 spiro atoms. The van der Waals surface area contributed by atoms with Crippen LogP contribution < -0.4 is 10.6 Å². The van der Waals surface area contributed by atoms with Gasteiger partial charge in [0.2, 0.25) is 5.96 Å². The molecule has 2 N–H and O–H groups in total. The van der Waals surface area contributed by atoms with Gasteiger partial charge in [-0.2, -0.15) is 0 Å². The molecule has 1 heterocycles. The molecule has 0 saturated carbocycles. The summed E-state index contributed by atoms with van der Waals surface area (Å²) in [6.07, 6.45) is 1.88. The fourth-order valence-electron chi connectivity index (χ4n) is 2.85. The van der Waals surface area contributed by atoms with Crippen LogP contribution in [0, 0.1) is 5.82 Å². The van der Waals surface area contributed by atoms with Crippen LogP contribution in [0.15, 0.2) is 53.5 Å². The van der Waals surface area contributed by atoms with Crippen LogP contribution in [0.25, 0.3) is 0 Å². The van der Waals surface area contributed by atoms with Crippen LogP contribution in [-0.2, 0) is 9.47 Å². The summed E-state index contributed by atoms with van der Waals surface area (Å²) < 4.78 is 23.4. The number of ether oxygens (including phenoxy) is 2. The second-order valence-corrected chi connectivity index (χ2v) is 6.48. The quantitative estimate of drug-likeness (QED) is 0.458. The van der Waals surface area contributed by atoms with Crippen molar-refractivity contribution in [3.63, 3.8) is 0 Å². The van der Waals surface area contributed by atoms with E-state index < -0.39 is 17.7 Å². The topological polar surface area (TPSA) is 89.0 Å². The van der Waals surface area contributed by atoms with Crippen LogP contribution in [0.4, 0.5) is 10.1 Å². The van der Waals surface area contributed by atoms with Gasteiger partial charge in [0.1, 0.15) is 5.82 Å². The van der Waals surface area contributed by atoms with Crippen LogP contribution in [-0.4, -0.2) is 44.2 Å². The van der Waals surface area contributed by atoms with Crippen LogP contribution in [0.2, 0.25) is 0 Å². The highest BCUT2D eigenvalue weighted by atomic mass is 19.1. The van der Waals surface area contributed by atoms with Gasteiger partial charge in [-0.05, 0) is 55.3 Å². The molecule has 1 fully saturated rings. The Hall–Kier alpha value is -3.26. The Morgan fingerprint density at radius 1 is 1.21 bits per heavy atom. The van der Waals surface area contributed by atoms with Crippen molar-refractivity contribution < 1.29 is 23.5 Å². The van der Waals surface area contributed by atoms with Crippen LogP contribution in [0.1, 0.15) is 33.6 Å². The van der Waals surface area contributed by atoms with E-state index in [1.807, 2.05) is 0 Å². The van der Waals surface area contributed by atoms with Crippen molar-refractivity contribution in [1.29, 1.82) is 0 Å². The molecular weight excluding hydrogens is 377 g/mol. The fourth-order valence-corrected chi connectivity index (χ4v) is 2.85. The van der Waals surface area contributed by atoms with Crippen molar-refractivity contribution >= 4 is 23.5 Å². The van der Waals surface area contributed by atoms with E-state index in [0.29, 0.717) is 30.0 Å². The van der Waals surface area contributed by atoms with E-state index in [0.717, 1.165) is 12.8 Å². The maximum absolute atomic E-state index is 13.1. The molecule has 0 bridgehead atoms.